The van der Waals surface area contributed by atoms with Crippen LogP contribution in [0.2, 0.25) is 0 Å². The summed E-state index contributed by atoms with van der Waals surface area (Å²) in [6, 6.07) is 7.65. The molecule has 0 spiro atoms. The number of likely N-dealkylation sites (tertiary alicyclic amines) is 2. The van der Waals surface area contributed by atoms with Gasteiger partial charge in [-0.2, -0.15) is 0 Å². The number of ether oxygens (including phenoxy) is 2. The lowest BCUT2D eigenvalue weighted by molar-refractivity contribution is -0.0156. The van der Waals surface area contributed by atoms with E-state index in [0.29, 0.717) is 5.92 Å². The van der Waals surface area contributed by atoms with Gasteiger partial charge in [0.05, 0.1) is 19.3 Å². The number of carbonyl (C=O) groups excluding carboxylic acids is 1. The van der Waals surface area contributed by atoms with E-state index in [9.17, 15) is 4.79 Å². The minimum Gasteiger partial charge on any atom is -0.497 e. The highest BCUT2D eigenvalue weighted by molar-refractivity contribution is 5.94. The van der Waals surface area contributed by atoms with Crippen LogP contribution in [0.25, 0.3) is 0 Å². The lowest BCUT2D eigenvalue weighted by Crippen LogP contribution is -2.53. The second-order valence-corrected chi connectivity index (χ2v) is 6.37. The smallest absolute Gasteiger partial charge is 0.254 e. The van der Waals surface area contributed by atoms with E-state index in [1.807, 2.05) is 24.3 Å². The van der Waals surface area contributed by atoms with Crippen LogP contribution in [0.4, 0.5) is 0 Å². The number of methoxy groups -OCH3 is 2. The van der Waals surface area contributed by atoms with E-state index >= 15 is 0 Å². The van der Waals surface area contributed by atoms with E-state index in [4.69, 9.17) is 9.47 Å². The van der Waals surface area contributed by atoms with Gasteiger partial charge in [-0.15, -0.1) is 0 Å². The first-order valence-electron chi connectivity index (χ1n) is 8.38. The van der Waals surface area contributed by atoms with Crippen LogP contribution in [-0.2, 0) is 4.74 Å². The zero-order chi connectivity index (χ0) is 16.4. The van der Waals surface area contributed by atoms with E-state index in [-0.39, 0.29) is 18.1 Å². The third kappa shape index (κ3) is 3.08. The van der Waals surface area contributed by atoms with E-state index in [2.05, 4.69) is 16.7 Å². The second kappa shape index (κ2) is 6.89. The summed E-state index contributed by atoms with van der Waals surface area (Å²) in [5.74, 6) is 1.31. The standard InChI is InChI=1S/C18H26N2O3/c1-4-19-11-15-16(12-19)20(10-9-17(15)23-3)18(21)13-5-7-14(22-2)8-6-13/h5-8,15-17H,4,9-12H2,1-3H3/t15-,16+,17-/m1/s1. The van der Waals surface area contributed by atoms with Crippen molar-refractivity contribution in [2.24, 2.45) is 5.92 Å². The molecule has 0 unspecified atom stereocenters. The number of amides is 1. The Kier molecular flexibility index (Phi) is 4.87. The topological polar surface area (TPSA) is 42.0 Å². The van der Waals surface area contributed by atoms with Crippen molar-refractivity contribution in [1.82, 2.24) is 9.80 Å². The molecular weight excluding hydrogens is 292 g/mol. The monoisotopic (exact) mass is 318 g/mol. The first kappa shape index (κ1) is 16.3. The van der Waals surface area contributed by atoms with Crippen LogP contribution in [0.5, 0.6) is 5.75 Å². The molecule has 1 aromatic rings. The van der Waals surface area contributed by atoms with Crippen molar-refractivity contribution in [2.45, 2.75) is 25.5 Å². The Bertz CT molecular complexity index is 546. The fourth-order valence-electron chi connectivity index (χ4n) is 3.94. The summed E-state index contributed by atoms with van der Waals surface area (Å²) in [6.45, 7) is 5.93. The highest BCUT2D eigenvalue weighted by atomic mass is 16.5. The molecule has 0 radical (unpaired) electrons. The molecule has 2 aliphatic heterocycles. The Morgan fingerprint density at radius 2 is 1.96 bits per heavy atom. The van der Waals surface area contributed by atoms with Crippen molar-refractivity contribution in [2.75, 3.05) is 40.4 Å². The quantitative estimate of drug-likeness (QED) is 0.850. The van der Waals surface area contributed by atoms with Crippen molar-refractivity contribution < 1.29 is 14.3 Å². The molecule has 5 nitrogen and oxygen atoms in total. The summed E-state index contributed by atoms with van der Waals surface area (Å²) in [7, 11) is 3.42. The summed E-state index contributed by atoms with van der Waals surface area (Å²) in [5.41, 5.74) is 0.732. The zero-order valence-corrected chi connectivity index (χ0v) is 14.2. The third-order valence-electron chi connectivity index (χ3n) is 5.29. The summed E-state index contributed by atoms with van der Waals surface area (Å²) >= 11 is 0. The number of likely N-dealkylation sites (N-methyl/N-ethyl adjacent to an activating group) is 1. The zero-order valence-electron chi connectivity index (χ0n) is 14.2. The van der Waals surface area contributed by atoms with Gasteiger partial charge < -0.3 is 19.3 Å². The molecule has 2 saturated heterocycles. The number of rotatable bonds is 4. The Balaban J connectivity index is 1.79. The van der Waals surface area contributed by atoms with Crippen LogP contribution in [0.15, 0.2) is 24.3 Å². The Labute approximate surface area is 138 Å². The molecule has 2 aliphatic rings. The average molecular weight is 318 g/mol. The number of fused-ring (bicyclic) bond motifs is 1. The molecule has 126 valence electrons. The van der Waals surface area contributed by atoms with Crippen molar-refractivity contribution in [3.63, 3.8) is 0 Å². The molecule has 0 aliphatic carbocycles. The van der Waals surface area contributed by atoms with Crippen LogP contribution < -0.4 is 4.74 Å². The van der Waals surface area contributed by atoms with E-state index in [1.54, 1.807) is 14.2 Å². The summed E-state index contributed by atoms with van der Waals surface area (Å²) in [4.78, 5) is 17.4. The predicted molar refractivity (Wildman–Crippen MR) is 88.8 cm³/mol. The predicted octanol–water partition coefficient (Wildman–Crippen LogP) is 1.88. The minimum atomic E-state index is 0.121. The van der Waals surface area contributed by atoms with Crippen LogP contribution in [0.3, 0.4) is 0 Å². The van der Waals surface area contributed by atoms with Crippen LogP contribution in [0.1, 0.15) is 23.7 Å². The summed E-state index contributed by atoms with van der Waals surface area (Å²) in [6.07, 6.45) is 1.17. The van der Waals surface area contributed by atoms with Crippen molar-refractivity contribution in [3.8, 4) is 5.75 Å². The minimum absolute atomic E-state index is 0.121. The highest BCUT2D eigenvalue weighted by Crippen LogP contribution is 2.33. The lowest BCUT2D eigenvalue weighted by atomic mass is 9.88. The third-order valence-corrected chi connectivity index (χ3v) is 5.29. The van der Waals surface area contributed by atoms with Gasteiger partial charge in [0.25, 0.3) is 5.91 Å². The first-order valence-corrected chi connectivity index (χ1v) is 8.38. The molecule has 2 heterocycles. The van der Waals surface area contributed by atoms with E-state index in [0.717, 1.165) is 43.9 Å². The molecule has 0 bridgehead atoms. The molecule has 0 aromatic heterocycles. The van der Waals surface area contributed by atoms with Gasteiger partial charge in [0.15, 0.2) is 0 Å². The van der Waals surface area contributed by atoms with Crippen molar-refractivity contribution in [3.05, 3.63) is 29.8 Å². The maximum Gasteiger partial charge on any atom is 0.254 e. The molecule has 23 heavy (non-hydrogen) atoms. The molecule has 1 amide bonds. The first-order chi connectivity index (χ1) is 11.2. The molecule has 2 fully saturated rings. The van der Waals surface area contributed by atoms with Crippen LogP contribution in [0, 0.1) is 5.92 Å². The van der Waals surface area contributed by atoms with Gasteiger partial charge in [-0.3, -0.25) is 4.79 Å². The SMILES string of the molecule is CCN1C[C@H]2[C@H](OC)CCN(C(=O)c3ccc(OC)cc3)[C@H]2C1. The highest BCUT2D eigenvalue weighted by Gasteiger charge is 2.45. The number of nitrogens with zero attached hydrogens (tertiary/aromatic N) is 2. The number of piperidine rings is 1. The molecular formula is C18H26N2O3. The second-order valence-electron chi connectivity index (χ2n) is 6.37. The fourth-order valence-corrected chi connectivity index (χ4v) is 3.94. The van der Waals surface area contributed by atoms with Gasteiger partial charge in [-0.25, -0.2) is 0 Å². The fraction of sp³-hybridized carbons (Fsp3) is 0.611. The number of hydrogen-bond donors (Lipinski definition) is 0. The summed E-state index contributed by atoms with van der Waals surface area (Å²) in [5, 5.41) is 0. The lowest BCUT2D eigenvalue weighted by Gasteiger charge is -2.41. The van der Waals surface area contributed by atoms with Gasteiger partial charge in [0.1, 0.15) is 5.75 Å². The Hall–Kier alpha value is -1.59. The number of carbonyl (C=O) groups is 1. The number of benzene rings is 1. The molecule has 1 aromatic carbocycles. The van der Waals surface area contributed by atoms with Gasteiger partial charge in [0, 0.05) is 38.2 Å². The average Bonchev–Trinajstić information content (AvgIpc) is 3.04. The van der Waals surface area contributed by atoms with Crippen LogP contribution >= 0.6 is 0 Å². The normalized spacial score (nSPS) is 27.8. The molecule has 3 rings (SSSR count). The van der Waals surface area contributed by atoms with Gasteiger partial charge in [-0.05, 0) is 37.2 Å². The summed E-state index contributed by atoms with van der Waals surface area (Å²) < 4.78 is 10.9. The van der Waals surface area contributed by atoms with Gasteiger partial charge >= 0.3 is 0 Å². The number of hydrogen-bond acceptors (Lipinski definition) is 4. The van der Waals surface area contributed by atoms with Crippen molar-refractivity contribution >= 4 is 5.91 Å². The Morgan fingerprint density at radius 1 is 1.22 bits per heavy atom. The molecule has 0 N–H and O–H groups in total. The Morgan fingerprint density at radius 3 is 2.57 bits per heavy atom. The van der Waals surface area contributed by atoms with Crippen LogP contribution in [-0.4, -0.2) is 68.3 Å². The van der Waals surface area contributed by atoms with Crippen molar-refractivity contribution in [1.29, 1.82) is 0 Å². The molecule has 5 heteroatoms. The van der Waals surface area contributed by atoms with E-state index in [1.165, 1.54) is 0 Å². The maximum atomic E-state index is 13.0. The maximum absolute atomic E-state index is 13.0. The largest absolute Gasteiger partial charge is 0.497 e. The molecule has 3 atom stereocenters. The van der Waals surface area contributed by atoms with E-state index < -0.39 is 0 Å². The van der Waals surface area contributed by atoms with Gasteiger partial charge in [-0.1, -0.05) is 6.92 Å². The van der Waals surface area contributed by atoms with Gasteiger partial charge in [0.2, 0.25) is 0 Å². The molecule has 0 saturated carbocycles.